The lowest BCUT2D eigenvalue weighted by atomic mass is 10.0. The third kappa shape index (κ3) is 8.14. The first-order chi connectivity index (χ1) is 9.69. The molecule has 1 rings (SSSR count). The Morgan fingerprint density at radius 2 is 1.71 bits per heavy atom. The van der Waals surface area contributed by atoms with Crippen LogP contribution in [0, 0.1) is 5.92 Å². The van der Waals surface area contributed by atoms with Crippen LogP contribution in [0.2, 0.25) is 0 Å². The molecule has 0 saturated heterocycles. The maximum atomic E-state index is 5.17. The fourth-order valence-corrected chi connectivity index (χ4v) is 1.98. The summed E-state index contributed by atoms with van der Waals surface area (Å²) >= 11 is 0. The molecule has 1 aromatic rings. The second kappa shape index (κ2) is 11.7. The van der Waals surface area contributed by atoms with E-state index in [1.54, 1.807) is 7.11 Å². The molecular formula is C16H28IN3O. The van der Waals surface area contributed by atoms with E-state index in [0.29, 0.717) is 5.92 Å². The quantitative estimate of drug-likeness (QED) is 0.417. The number of rotatable bonds is 7. The molecule has 0 aliphatic carbocycles. The van der Waals surface area contributed by atoms with Crippen molar-refractivity contribution < 1.29 is 4.74 Å². The highest BCUT2D eigenvalue weighted by atomic mass is 127. The summed E-state index contributed by atoms with van der Waals surface area (Å²) in [4.78, 5) is 4.60. The lowest BCUT2D eigenvalue weighted by Gasteiger charge is -2.12. The van der Waals surface area contributed by atoms with Gasteiger partial charge in [-0.2, -0.15) is 0 Å². The fraction of sp³-hybridized carbons (Fsp3) is 0.562. The Morgan fingerprint density at radius 1 is 1.14 bits per heavy atom. The van der Waals surface area contributed by atoms with Gasteiger partial charge in [0.15, 0.2) is 5.96 Å². The molecule has 120 valence electrons. The average molecular weight is 405 g/mol. The van der Waals surface area contributed by atoms with Crippen LogP contribution in [0.5, 0.6) is 5.75 Å². The smallest absolute Gasteiger partial charge is 0.191 e. The molecule has 4 nitrogen and oxygen atoms in total. The van der Waals surface area contributed by atoms with Crippen LogP contribution in [0.3, 0.4) is 0 Å². The molecule has 0 amide bonds. The van der Waals surface area contributed by atoms with Gasteiger partial charge >= 0.3 is 0 Å². The Morgan fingerprint density at radius 3 is 2.19 bits per heavy atom. The molecule has 0 heterocycles. The van der Waals surface area contributed by atoms with Gasteiger partial charge in [0, 0.05) is 19.6 Å². The molecule has 0 aliphatic heterocycles. The van der Waals surface area contributed by atoms with Crippen molar-refractivity contribution in [2.75, 3.05) is 26.7 Å². The van der Waals surface area contributed by atoms with E-state index in [4.69, 9.17) is 4.74 Å². The first-order valence-electron chi connectivity index (χ1n) is 7.34. The first kappa shape index (κ1) is 20.0. The van der Waals surface area contributed by atoms with Gasteiger partial charge in [-0.3, -0.25) is 4.99 Å². The Hall–Kier alpha value is -0.980. The van der Waals surface area contributed by atoms with Crippen molar-refractivity contribution in [1.82, 2.24) is 10.6 Å². The summed E-state index contributed by atoms with van der Waals surface area (Å²) in [5.41, 5.74) is 1.32. The van der Waals surface area contributed by atoms with E-state index in [1.807, 2.05) is 12.1 Å². The topological polar surface area (TPSA) is 45.7 Å². The van der Waals surface area contributed by atoms with Crippen molar-refractivity contribution in [3.05, 3.63) is 29.8 Å². The number of methoxy groups -OCH3 is 1. The number of ether oxygens (including phenoxy) is 1. The van der Waals surface area contributed by atoms with Crippen LogP contribution in [0.1, 0.15) is 26.3 Å². The molecule has 0 aliphatic rings. The van der Waals surface area contributed by atoms with Gasteiger partial charge in [0.05, 0.1) is 7.11 Å². The molecule has 0 fully saturated rings. The SMILES string of the molecule is CCNC(=NCC(C)Cc1ccc(OC)cc1)NCC.I. The number of hydrogen-bond acceptors (Lipinski definition) is 2. The van der Waals surface area contributed by atoms with E-state index in [-0.39, 0.29) is 24.0 Å². The Bertz CT molecular complexity index is 398. The second-order valence-corrected chi connectivity index (χ2v) is 4.91. The first-order valence-corrected chi connectivity index (χ1v) is 7.34. The maximum Gasteiger partial charge on any atom is 0.191 e. The highest BCUT2D eigenvalue weighted by molar-refractivity contribution is 14.0. The largest absolute Gasteiger partial charge is 0.497 e. The highest BCUT2D eigenvalue weighted by Crippen LogP contribution is 2.14. The molecule has 1 aromatic carbocycles. The predicted octanol–water partition coefficient (Wildman–Crippen LogP) is 3.07. The number of halogens is 1. The second-order valence-electron chi connectivity index (χ2n) is 4.91. The number of benzene rings is 1. The van der Waals surface area contributed by atoms with Crippen LogP contribution in [0.4, 0.5) is 0 Å². The van der Waals surface area contributed by atoms with Gasteiger partial charge in [0.1, 0.15) is 5.75 Å². The molecule has 0 bridgehead atoms. The van der Waals surface area contributed by atoms with Crippen molar-refractivity contribution in [2.24, 2.45) is 10.9 Å². The van der Waals surface area contributed by atoms with E-state index in [1.165, 1.54) is 5.56 Å². The highest BCUT2D eigenvalue weighted by Gasteiger charge is 2.04. The monoisotopic (exact) mass is 405 g/mol. The number of hydrogen-bond donors (Lipinski definition) is 2. The van der Waals surface area contributed by atoms with E-state index >= 15 is 0 Å². The summed E-state index contributed by atoms with van der Waals surface area (Å²) in [6.45, 7) is 8.98. The minimum atomic E-state index is 0. The van der Waals surface area contributed by atoms with Crippen LogP contribution in [-0.2, 0) is 6.42 Å². The van der Waals surface area contributed by atoms with E-state index in [9.17, 15) is 0 Å². The third-order valence-corrected chi connectivity index (χ3v) is 2.99. The molecule has 1 unspecified atom stereocenters. The molecule has 1 atom stereocenters. The minimum Gasteiger partial charge on any atom is -0.497 e. The fourth-order valence-electron chi connectivity index (χ4n) is 1.98. The molecule has 0 aromatic heterocycles. The Labute approximate surface area is 145 Å². The van der Waals surface area contributed by atoms with Crippen LogP contribution < -0.4 is 15.4 Å². The molecule has 0 saturated carbocycles. The van der Waals surface area contributed by atoms with E-state index in [2.05, 4.69) is 48.5 Å². The zero-order chi connectivity index (χ0) is 14.8. The minimum absolute atomic E-state index is 0. The van der Waals surface area contributed by atoms with Crippen LogP contribution in [0.25, 0.3) is 0 Å². The van der Waals surface area contributed by atoms with Gasteiger partial charge < -0.3 is 15.4 Å². The molecule has 5 heteroatoms. The van der Waals surface area contributed by atoms with Crippen LogP contribution >= 0.6 is 24.0 Å². The molecule has 0 radical (unpaired) electrons. The van der Waals surface area contributed by atoms with Gasteiger partial charge in [-0.05, 0) is 43.9 Å². The molecule has 2 N–H and O–H groups in total. The standard InChI is InChI=1S/C16H27N3O.HI/c1-5-17-16(18-6-2)19-12-13(3)11-14-7-9-15(20-4)10-8-14;/h7-10,13H,5-6,11-12H2,1-4H3,(H2,17,18,19);1H. The van der Waals surface area contributed by atoms with Crippen molar-refractivity contribution in [2.45, 2.75) is 27.2 Å². The lowest BCUT2D eigenvalue weighted by molar-refractivity contribution is 0.414. The average Bonchev–Trinajstić information content (AvgIpc) is 2.46. The Balaban J connectivity index is 0.00000400. The number of aliphatic imine (C=N–C) groups is 1. The summed E-state index contributed by atoms with van der Waals surface area (Å²) in [6.07, 6.45) is 1.03. The summed E-state index contributed by atoms with van der Waals surface area (Å²) in [7, 11) is 1.69. The van der Waals surface area contributed by atoms with Gasteiger partial charge in [-0.25, -0.2) is 0 Å². The van der Waals surface area contributed by atoms with E-state index < -0.39 is 0 Å². The van der Waals surface area contributed by atoms with Gasteiger partial charge in [0.2, 0.25) is 0 Å². The van der Waals surface area contributed by atoms with Gasteiger partial charge in [0.25, 0.3) is 0 Å². The maximum absolute atomic E-state index is 5.17. The lowest BCUT2D eigenvalue weighted by Crippen LogP contribution is -2.37. The number of guanidine groups is 1. The summed E-state index contributed by atoms with van der Waals surface area (Å²) in [6, 6.07) is 8.26. The van der Waals surface area contributed by atoms with Crippen LogP contribution in [-0.4, -0.2) is 32.7 Å². The van der Waals surface area contributed by atoms with Crippen LogP contribution in [0.15, 0.2) is 29.3 Å². The summed E-state index contributed by atoms with van der Waals surface area (Å²) in [5.74, 6) is 2.31. The zero-order valence-corrected chi connectivity index (χ0v) is 15.8. The normalized spacial score (nSPS) is 11.0. The zero-order valence-electron chi connectivity index (χ0n) is 13.5. The van der Waals surface area contributed by atoms with Crippen molar-refractivity contribution in [3.8, 4) is 5.75 Å². The van der Waals surface area contributed by atoms with Gasteiger partial charge in [-0.15, -0.1) is 24.0 Å². The summed E-state index contributed by atoms with van der Waals surface area (Å²) < 4.78 is 5.17. The van der Waals surface area contributed by atoms with Crippen molar-refractivity contribution >= 4 is 29.9 Å². The predicted molar refractivity (Wildman–Crippen MR) is 101 cm³/mol. The Kier molecular flexibility index (Phi) is 11.1. The molecule has 21 heavy (non-hydrogen) atoms. The van der Waals surface area contributed by atoms with Crippen molar-refractivity contribution in [1.29, 1.82) is 0 Å². The third-order valence-electron chi connectivity index (χ3n) is 2.99. The summed E-state index contributed by atoms with van der Waals surface area (Å²) in [5, 5.41) is 6.48. The van der Waals surface area contributed by atoms with E-state index in [0.717, 1.165) is 37.8 Å². The number of nitrogens with one attached hydrogen (secondary N) is 2. The molecular weight excluding hydrogens is 377 g/mol. The van der Waals surface area contributed by atoms with Crippen molar-refractivity contribution in [3.63, 3.8) is 0 Å². The number of nitrogens with zero attached hydrogens (tertiary/aromatic N) is 1. The van der Waals surface area contributed by atoms with Gasteiger partial charge in [-0.1, -0.05) is 19.1 Å². The molecule has 0 spiro atoms.